The van der Waals surface area contributed by atoms with Crippen LogP contribution in [0.4, 0.5) is 17.3 Å². The minimum Gasteiger partial charge on any atom is -0.478 e. The molecule has 0 amide bonds. The van der Waals surface area contributed by atoms with Gasteiger partial charge in [-0.05, 0) is 17.8 Å². The molecule has 0 saturated heterocycles. The molecule has 0 fully saturated rings. The van der Waals surface area contributed by atoms with E-state index in [4.69, 9.17) is 22.3 Å². The summed E-state index contributed by atoms with van der Waals surface area (Å²) in [5.41, 5.74) is 16.8. The number of nitrogen functional groups attached to an aromatic ring is 3. The van der Waals surface area contributed by atoms with Crippen molar-refractivity contribution in [3.8, 4) is 0 Å². The molecule has 9 heteroatoms. The van der Waals surface area contributed by atoms with Gasteiger partial charge in [-0.25, -0.2) is 19.7 Å². The second-order valence-electron chi connectivity index (χ2n) is 3.48. The van der Waals surface area contributed by atoms with E-state index in [0.29, 0.717) is 0 Å². The number of aromatic carboxylic acids is 1. The second kappa shape index (κ2) is 4.98. The Labute approximate surface area is 112 Å². The number of pyridine rings is 1. The first-order chi connectivity index (χ1) is 8.97. The van der Waals surface area contributed by atoms with Crippen molar-refractivity contribution in [3.05, 3.63) is 23.9 Å². The number of rotatable bonds is 3. The summed E-state index contributed by atoms with van der Waals surface area (Å²) in [6, 6.07) is 2.73. The predicted octanol–water partition coefficient (Wildman–Crippen LogP) is 0.468. The third-order valence-corrected chi connectivity index (χ3v) is 3.00. The average Bonchev–Trinajstić information content (AvgIpc) is 2.30. The topological polar surface area (TPSA) is 154 Å². The van der Waals surface area contributed by atoms with Gasteiger partial charge in [0, 0.05) is 12.3 Å². The van der Waals surface area contributed by atoms with Gasteiger partial charge in [0.05, 0.1) is 11.3 Å². The number of anilines is 3. The van der Waals surface area contributed by atoms with E-state index in [0.717, 1.165) is 11.8 Å². The molecule has 0 radical (unpaired) electrons. The maximum atomic E-state index is 10.9. The second-order valence-corrected chi connectivity index (χ2v) is 4.44. The summed E-state index contributed by atoms with van der Waals surface area (Å²) >= 11 is 0.992. The number of carbonyl (C=O) groups is 1. The number of nitrogens with zero attached hydrogens (tertiary/aromatic N) is 3. The van der Waals surface area contributed by atoms with Gasteiger partial charge in [-0.2, -0.15) is 0 Å². The Kier molecular flexibility index (Phi) is 3.38. The molecule has 7 N–H and O–H groups in total. The molecular formula is C10H10N6O2S. The van der Waals surface area contributed by atoms with Crippen molar-refractivity contribution in [3.63, 3.8) is 0 Å². The van der Waals surface area contributed by atoms with Crippen LogP contribution in [0.25, 0.3) is 0 Å². The number of carboxylic acid groups (broad SMARTS) is 1. The van der Waals surface area contributed by atoms with Gasteiger partial charge in [0.15, 0.2) is 5.16 Å². The summed E-state index contributed by atoms with van der Waals surface area (Å²) < 4.78 is 0. The highest BCUT2D eigenvalue weighted by atomic mass is 32.2. The van der Waals surface area contributed by atoms with Gasteiger partial charge in [-0.15, -0.1) is 0 Å². The van der Waals surface area contributed by atoms with E-state index in [-0.39, 0.29) is 33.1 Å². The standard InChI is InChI=1S/C10H10N6O2S/c11-5-3-6(12)16-10(15-5)19-8-7(13)4(9(17)18)1-2-14-8/h1-3H,13H2,(H,17,18)(H4,11,12,15,16). The fraction of sp³-hybridized carbons (Fsp3) is 0. The Bertz CT molecular complexity index is 628. The molecule has 0 aliphatic rings. The van der Waals surface area contributed by atoms with E-state index in [9.17, 15) is 4.79 Å². The van der Waals surface area contributed by atoms with Crippen LogP contribution in [-0.2, 0) is 0 Å². The summed E-state index contributed by atoms with van der Waals surface area (Å²) in [4.78, 5) is 22.8. The molecule has 98 valence electrons. The lowest BCUT2D eigenvalue weighted by Crippen LogP contribution is -2.05. The third kappa shape index (κ3) is 2.83. The van der Waals surface area contributed by atoms with Crippen LogP contribution in [0.15, 0.2) is 28.5 Å². The summed E-state index contributed by atoms with van der Waals surface area (Å²) in [5.74, 6) is -0.708. The zero-order valence-electron chi connectivity index (χ0n) is 9.57. The highest BCUT2D eigenvalue weighted by molar-refractivity contribution is 7.99. The van der Waals surface area contributed by atoms with Crippen molar-refractivity contribution < 1.29 is 9.90 Å². The fourth-order valence-corrected chi connectivity index (χ4v) is 2.12. The van der Waals surface area contributed by atoms with Gasteiger partial charge in [-0.3, -0.25) is 0 Å². The minimum absolute atomic E-state index is 0.0330. The Balaban J connectivity index is 2.38. The Morgan fingerprint density at radius 3 is 2.42 bits per heavy atom. The largest absolute Gasteiger partial charge is 0.478 e. The molecule has 0 bridgehead atoms. The van der Waals surface area contributed by atoms with E-state index in [1.165, 1.54) is 18.3 Å². The third-order valence-electron chi connectivity index (χ3n) is 2.12. The molecule has 0 atom stereocenters. The maximum absolute atomic E-state index is 10.9. The molecule has 8 nitrogen and oxygen atoms in total. The van der Waals surface area contributed by atoms with Gasteiger partial charge >= 0.3 is 5.97 Å². The number of hydrogen-bond acceptors (Lipinski definition) is 8. The van der Waals surface area contributed by atoms with Crippen molar-refractivity contribution >= 4 is 35.1 Å². The van der Waals surface area contributed by atoms with Crippen LogP contribution in [0.5, 0.6) is 0 Å². The highest BCUT2D eigenvalue weighted by Gasteiger charge is 2.14. The lowest BCUT2D eigenvalue weighted by atomic mass is 10.2. The molecule has 0 aliphatic carbocycles. The minimum atomic E-state index is -1.13. The molecule has 2 aromatic rings. The van der Waals surface area contributed by atoms with E-state index >= 15 is 0 Å². The van der Waals surface area contributed by atoms with Gasteiger partial charge in [0.2, 0.25) is 0 Å². The van der Waals surface area contributed by atoms with Crippen LogP contribution >= 0.6 is 11.8 Å². The quantitative estimate of drug-likeness (QED) is 0.586. The molecule has 19 heavy (non-hydrogen) atoms. The summed E-state index contributed by atoms with van der Waals surface area (Å²) in [6.45, 7) is 0. The molecule has 0 aliphatic heterocycles. The summed E-state index contributed by atoms with van der Waals surface area (Å²) in [5, 5.41) is 9.49. The van der Waals surface area contributed by atoms with Gasteiger partial charge in [0.25, 0.3) is 0 Å². The van der Waals surface area contributed by atoms with E-state index in [2.05, 4.69) is 15.0 Å². The molecule has 2 aromatic heterocycles. The Morgan fingerprint density at radius 2 is 1.84 bits per heavy atom. The van der Waals surface area contributed by atoms with Gasteiger partial charge in [0.1, 0.15) is 16.7 Å². The number of aromatic nitrogens is 3. The maximum Gasteiger partial charge on any atom is 0.337 e. The van der Waals surface area contributed by atoms with Gasteiger partial charge in [-0.1, -0.05) is 0 Å². The smallest absolute Gasteiger partial charge is 0.337 e. The summed E-state index contributed by atoms with van der Waals surface area (Å²) in [6.07, 6.45) is 1.35. The van der Waals surface area contributed by atoms with Gasteiger partial charge < -0.3 is 22.3 Å². The van der Waals surface area contributed by atoms with Crippen LogP contribution < -0.4 is 17.2 Å². The van der Waals surface area contributed by atoms with Crippen LogP contribution in [0, 0.1) is 0 Å². The van der Waals surface area contributed by atoms with Crippen LogP contribution in [0.3, 0.4) is 0 Å². The first-order valence-corrected chi connectivity index (χ1v) is 5.84. The molecule has 2 rings (SSSR count). The van der Waals surface area contributed by atoms with Crippen molar-refractivity contribution in [2.24, 2.45) is 0 Å². The number of carboxylic acids is 1. The number of nitrogens with two attached hydrogens (primary N) is 3. The first kappa shape index (κ1) is 12.9. The van der Waals surface area contributed by atoms with Crippen molar-refractivity contribution in [2.75, 3.05) is 17.2 Å². The Hall–Kier alpha value is -2.55. The van der Waals surface area contributed by atoms with Crippen LogP contribution in [0.1, 0.15) is 10.4 Å². The lowest BCUT2D eigenvalue weighted by Gasteiger charge is -2.06. The summed E-state index contributed by atoms with van der Waals surface area (Å²) in [7, 11) is 0. The van der Waals surface area contributed by atoms with Crippen molar-refractivity contribution in [2.45, 2.75) is 10.2 Å². The molecule has 0 aromatic carbocycles. The molecule has 0 unspecified atom stereocenters. The molecular weight excluding hydrogens is 268 g/mol. The SMILES string of the molecule is Nc1cc(N)nc(Sc2nccc(C(=O)O)c2N)n1. The predicted molar refractivity (Wildman–Crippen MR) is 70.6 cm³/mol. The monoisotopic (exact) mass is 278 g/mol. The number of hydrogen-bond donors (Lipinski definition) is 4. The molecule has 0 spiro atoms. The lowest BCUT2D eigenvalue weighted by molar-refractivity contribution is 0.0697. The average molecular weight is 278 g/mol. The zero-order valence-corrected chi connectivity index (χ0v) is 10.4. The Morgan fingerprint density at radius 1 is 1.21 bits per heavy atom. The molecule has 2 heterocycles. The first-order valence-electron chi connectivity index (χ1n) is 5.03. The van der Waals surface area contributed by atoms with E-state index in [1.54, 1.807) is 0 Å². The van der Waals surface area contributed by atoms with E-state index < -0.39 is 5.97 Å². The fourth-order valence-electron chi connectivity index (χ4n) is 1.32. The molecule has 0 saturated carbocycles. The van der Waals surface area contributed by atoms with E-state index in [1.807, 2.05) is 0 Å². The highest BCUT2D eigenvalue weighted by Crippen LogP contribution is 2.30. The zero-order chi connectivity index (χ0) is 14.0. The van der Waals surface area contributed by atoms with Crippen LogP contribution in [-0.4, -0.2) is 26.0 Å². The van der Waals surface area contributed by atoms with Crippen molar-refractivity contribution in [1.29, 1.82) is 0 Å². The van der Waals surface area contributed by atoms with Crippen molar-refractivity contribution in [1.82, 2.24) is 15.0 Å². The van der Waals surface area contributed by atoms with Crippen LogP contribution in [0.2, 0.25) is 0 Å². The normalized spacial score (nSPS) is 10.3.